The Hall–Kier alpha value is -3.13. The molecule has 1 aromatic heterocycles. The van der Waals surface area contributed by atoms with Crippen LogP contribution in [-0.4, -0.2) is 4.98 Å². The summed E-state index contributed by atoms with van der Waals surface area (Å²) in [6, 6.07) is 14.2. The minimum atomic E-state index is 0.100. The summed E-state index contributed by atoms with van der Waals surface area (Å²) in [5.41, 5.74) is 5.62. The van der Waals surface area contributed by atoms with Crippen molar-refractivity contribution >= 4 is 11.3 Å². The van der Waals surface area contributed by atoms with E-state index in [9.17, 15) is 0 Å². The standard InChI is InChI=1S/C25H28N2/c1-8-20(4)27(23-15-13-21(14-16-23)25(5,6)7)22(9-2)18-19(3)24-12-10-11-17-26-24/h8-18H,1-4H2,5-7H3. The van der Waals surface area contributed by atoms with Crippen LogP contribution in [0.15, 0.2) is 105 Å². The number of anilines is 1. The first-order chi connectivity index (χ1) is 12.8. The molecule has 0 spiro atoms. The van der Waals surface area contributed by atoms with Crippen LogP contribution in [0.1, 0.15) is 32.0 Å². The highest BCUT2D eigenvalue weighted by molar-refractivity contribution is 5.74. The Kier molecular flexibility index (Phi) is 6.36. The van der Waals surface area contributed by atoms with Gasteiger partial charge < -0.3 is 4.90 Å². The Morgan fingerprint density at radius 2 is 1.63 bits per heavy atom. The third kappa shape index (κ3) is 4.95. The fraction of sp³-hybridized carbons (Fsp3) is 0.160. The van der Waals surface area contributed by atoms with Crippen molar-refractivity contribution in [3.63, 3.8) is 0 Å². The smallest absolute Gasteiger partial charge is 0.0696 e. The average molecular weight is 357 g/mol. The highest BCUT2D eigenvalue weighted by Gasteiger charge is 2.16. The van der Waals surface area contributed by atoms with Crippen LogP contribution in [0.25, 0.3) is 5.57 Å². The third-order valence-electron chi connectivity index (χ3n) is 4.30. The molecule has 0 aliphatic heterocycles. The van der Waals surface area contributed by atoms with Crippen LogP contribution in [0.4, 0.5) is 5.69 Å². The minimum absolute atomic E-state index is 0.100. The molecule has 0 atom stereocenters. The van der Waals surface area contributed by atoms with E-state index in [4.69, 9.17) is 0 Å². The second kappa shape index (κ2) is 8.50. The van der Waals surface area contributed by atoms with Crippen molar-refractivity contribution in [2.24, 2.45) is 0 Å². The van der Waals surface area contributed by atoms with Gasteiger partial charge in [-0.05, 0) is 59.0 Å². The molecule has 138 valence electrons. The molecule has 0 fully saturated rings. The SMILES string of the molecule is C=CC(=C)N(C(C=C)=CC(=C)c1ccccn1)c1ccc(C(C)(C)C)cc1. The van der Waals surface area contributed by atoms with E-state index in [1.165, 1.54) is 5.56 Å². The molecule has 0 radical (unpaired) electrons. The summed E-state index contributed by atoms with van der Waals surface area (Å²) < 4.78 is 0. The summed E-state index contributed by atoms with van der Waals surface area (Å²) in [5, 5.41) is 0. The Bertz CT molecular complexity index is 863. The zero-order valence-electron chi connectivity index (χ0n) is 16.6. The molecule has 0 saturated carbocycles. The average Bonchev–Trinajstić information content (AvgIpc) is 2.67. The third-order valence-corrected chi connectivity index (χ3v) is 4.30. The highest BCUT2D eigenvalue weighted by atomic mass is 15.1. The van der Waals surface area contributed by atoms with Crippen LogP contribution in [-0.2, 0) is 5.41 Å². The molecule has 0 aliphatic carbocycles. The van der Waals surface area contributed by atoms with Gasteiger partial charge in [0.15, 0.2) is 0 Å². The number of nitrogens with zero attached hydrogens (tertiary/aromatic N) is 2. The second-order valence-electron chi connectivity index (χ2n) is 7.34. The topological polar surface area (TPSA) is 16.1 Å². The summed E-state index contributed by atoms with van der Waals surface area (Å²) in [6.07, 6.45) is 7.24. The molecular weight excluding hydrogens is 328 g/mol. The van der Waals surface area contributed by atoms with Crippen molar-refractivity contribution in [2.45, 2.75) is 26.2 Å². The second-order valence-corrected chi connectivity index (χ2v) is 7.34. The first kappa shape index (κ1) is 20.2. The van der Waals surface area contributed by atoms with Crippen molar-refractivity contribution in [3.05, 3.63) is 116 Å². The van der Waals surface area contributed by atoms with Gasteiger partial charge in [0.05, 0.1) is 5.69 Å². The lowest BCUT2D eigenvalue weighted by Crippen LogP contribution is -2.19. The normalized spacial score (nSPS) is 11.6. The lowest BCUT2D eigenvalue weighted by atomic mass is 9.87. The molecule has 2 heteroatoms. The van der Waals surface area contributed by atoms with Gasteiger partial charge in [0.2, 0.25) is 0 Å². The van der Waals surface area contributed by atoms with Crippen molar-refractivity contribution in [2.75, 3.05) is 4.90 Å². The number of hydrogen-bond donors (Lipinski definition) is 0. The van der Waals surface area contributed by atoms with E-state index < -0.39 is 0 Å². The maximum atomic E-state index is 4.36. The minimum Gasteiger partial charge on any atom is -0.311 e. The molecule has 0 aliphatic rings. The molecule has 0 saturated heterocycles. The van der Waals surface area contributed by atoms with Gasteiger partial charge in [-0.3, -0.25) is 4.98 Å². The van der Waals surface area contributed by atoms with Gasteiger partial charge in [0.1, 0.15) is 0 Å². The Morgan fingerprint density at radius 1 is 0.963 bits per heavy atom. The molecule has 1 heterocycles. The van der Waals surface area contributed by atoms with Gasteiger partial charge >= 0.3 is 0 Å². The maximum Gasteiger partial charge on any atom is 0.0696 e. The first-order valence-corrected chi connectivity index (χ1v) is 8.94. The van der Waals surface area contributed by atoms with Gasteiger partial charge in [-0.15, -0.1) is 0 Å². The number of rotatable bonds is 7. The van der Waals surface area contributed by atoms with E-state index in [1.807, 2.05) is 29.2 Å². The lowest BCUT2D eigenvalue weighted by molar-refractivity contribution is 0.590. The Morgan fingerprint density at radius 3 is 2.11 bits per heavy atom. The maximum absolute atomic E-state index is 4.36. The van der Waals surface area contributed by atoms with Crippen molar-refractivity contribution in [1.82, 2.24) is 4.98 Å². The fourth-order valence-corrected chi connectivity index (χ4v) is 2.70. The van der Waals surface area contributed by atoms with E-state index in [-0.39, 0.29) is 5.41 Å². The van der Waals surface area contributed by atoms with Crippen LogP contribution in [0, 0.1) is 0 Å². The number of allylic oxidation sites excluding steroid dienone is 4. The molecule has 2 aromatic rings. The number of benzene rings is 1. The molecular formula is C25H28N2. The van der Waals surface area contributed by atoms with Gasteiger partial charge in [0.25, 0.3) is 0 Å². The monoisotopic (exact) mass is 356 g/mol. The Balaban J connectivity index is 2.46. The summed E-state index contributed by atoms with van der Waals surface area (Å²) in [5.74, 6) is 0. The highest BCUT2D eigenvalue weighted by Crippen LogP contribution is 2.30. The predicted molar refractivity (Wildman–Crippen MR) is 119 cm³/mol. The Labute approximate surface area is 163 Å². The summed E-state index contributed by atoms with van der Waals surface area (Å²) in [6.45, 7) is 22.8. The zero-order chi connectivity index (χ0) is 20.0. The molecule has 0 bridgehead atoms. The van der Waals surface area contributed by atoms with Crippen molar-refractivity contribution in [1.29, 1.82) is 0 Å². The van der Waals surface area contributed by atoms with Gasteiger partial charge in [0, 0.05) is 23.3 Å². The van der Waals surface area contributed by atoms with Crippen LogP contribution < -0.4 is 4.90 Å². The van der Waals surface area contributed by atoms with Gasteiger partial charge in [-0.25, -0.2) is 0 Å². The molecule has 2 rings (SSSR count). The molecule has 2 nitrogen and oxygen atoms in total. The summed E-state index contributed by atoms with van der Waals surface area (Å²) >= 11 is 0. The van der Waals surface area contributed by atoms with E-state index in [1.54, 1.807) is 18.3 Å². The number of aromatic nitrogens is 1. The van der Waals surface area contributed by atoms with Crippen LogP contribution in [0.2, 0.25) is 0 Å². The molecule has 27 heavy (non-hydrogen) atoms. The van der Waals surface area contributed by atoms with Gasteiger partial charge in [-0.1, -0.05) is 65.3 Å². The molecule has 0 amide bonds. The molecule has 0 N–H and O–H groups in total. The van der Waals surface area contributed by atoms with E-state index in [0.29, 0.717) is 0 Å². The largest absolute Gasteiger partial charge is 0.311 e. The van der Waals surface area contributed by atoms with E-state index >= 15 is 0 Å². The lowest BCUT2D eigenvalue weighted by Gasteiger charge is -2.28. The van der Waals surface area contributed by atoms with Crippen LogP contribution >= 0.6 is 0 Å². The molecule has 0 unspecified atom stereocenters. The summed E-state index contributed by atoms with van der Waals surface area (Å²) in [4.78, 5) is 6.38. The predicted octanol–water partition coefficient (Wildman–Crippen LogP) is 6.67. The van der Waals surface area contributed by atoms with E-state index in [0.717, 1.165) is 28.3 Å². The number of pyridine rings is 1. The fourth-order valence-electron chi connectivity index (χ4n) is 2.70. The van der Waals surface area contributed by atoms with Gasteiger partial charge in [-0.2, -0.15) is 0 Å². The van der Waals surface area contributed by atoms with Crippen LogP contribution in [0.5, 0.6) is 0 Å². The quantitative estimate of drug-likeness (QED) is 0.515. The first-order valence-electron chi connectivity index (χ1n) is 8.94. The van der Waals surface area contributed by atoms with Crippen molar-refractivity contribution < 1.29 is 0 Å². The summed E-state index contributed by atoms with van der Waals surface area (Å²) in [7, 11) is 0. The number of hydrogen-bond acceptors (Lipinski definition) is 2. The molecule has 1 aromatic carbocycles. The zero-order valence-corrected chi connectivity index (χ0v) is 16.6. The van der Waals surface area contributed by atoms with E-state index in [2.05, 4.69) is 76.3 Å². The van der Waals surface area contributed by atoms with Crippen molar-refractivity contribution in [3.8, 4) is 0 Å². The van der Waals surface area contributed by atoms with Crippen LogP contribution in [0.3, 0.4) is 0 Å².